The van der Waals surface area contributed by atoms with Gasteiger partial charge in [-0.25, -0.2) is 4.39 Å². The largest absolute Gasteiger partial charge is 0.337 e. The van der Waals surface area contributed by atoms with Gasteiger partial charge in [0.1, 0.15) is 5.82 Å². The number of hydrogen-bond donors (Lipinski definition) is 0. The van der Waals surface area contributed by atoms with E-state index in [1.165, 1.54) is 12.1 Å². The third-order valence-corrected chi connectivity index (χ3v) is 4.48. The van der Waals surface area contributed by atoms with Gasteiger partial charge in [-0.3, -0.25) is 9.59 Å². The molecule has 1 aliphatic heterocycles. The van der Waals surface area contributed by atoms with E-state index in [2.05, 4.69) is 13.8 Å². The quantitative estimate of drug-likeness (QED) is 0.784. The molecule has 5 heteroatoms. The summed E-state index contributed by atoms with van der Waals surface area (Å²) in [6, 6.07) is 6.17. The van der Waals surface area contributed by atoms with Crippen LogP contribution in [0.5, 0.6) is 0 Å². The fourth-order valence-corrected chi connectivity index (χ4v) is 3.08. The zero-order chi connectivity index (χ0) is 18.6. The van der Waals surface area contributed by atoms with Crippen LogP contribution in [-0.2, 0) is 16.1 Å². The molecule has 0 radical (unpaired) electrons. The van der Waals surface area contributed by atoms with Crippen molar-refractivity contribution in [1.29, 1.82) is 0 Å². The van der Waals surface area contributed by atoms with Gasteiger partial charge in [0.05, 0.1) is 6.04 Å². The summed E-state index contributed by atoms with van der Waals surface area (Å²) in [6.45, 7) is 9.29. The molecular formula is C20H27FN2O2. The average molecular weight is 346 g/mol. The Labute approximate surface area is 149 Å². The van der Waals surface area contributed by atoms with E-state index < -0.39 is 0 Å². The van der Waals surface area contributed by atoms with E-state index in [4.69, 9.17) is 0 Å². The number of allylic oxidation sites excluding steroid dienone is 1. The second-order valence-electron chi connectivity index (χ2n) is 7.22. The van der Waals surface area contributed by atoms with E-state index >= 15 is 0 Å². The number of carbonyl (C=O) groups is 2. The standard InChI is InChI=1S/C20H27FN2O2/c1-14(2)11-20(25)22-10-9-19(24)23(18(13-22)15(3)4)12-16-5-7-17(21)8-6-16/h5-8,11,15,18H,9-10,12-13H2,1-4H3/t18-/m0/s1. The minimum absolute atomic E-state index is 0.0375. The lowest BCUT2D eigenvalue weighted by Gasteiger charge is -2.34. The Morgan fingerprint density at radius 1 is 1.28 bits per heavy atom. The third-order valence-electron chi connectivity index (χ3n) is 4.48. The van der Waals surface area contributed by atoms with Crippen LogP contribution in [0.2, 0.25) is 0 Å². The van der Waals surface area contributed by atoms with Gasteiger partial charge >= 0.3 is 0 Å². The molecule has 1 fully saturated rings. The fourth-order valence-electron chi connectivity index (χ4n) is 3.08. The summed E-state index contributed by atoms with van der Waals surface area (Å²) in [7, 11) is 0. The van der Waals surface area contributed by atoms with Crippen LogP contribution in [0, 0.1) is 11.7 Å². The van der Waals surface area contributed by atoms with Crippen molar-refractivity contribution in [2.24, 2.45) is 5.92 Å². The summed E-state index contributed by atoms with van der Waals surface area (Å²) in [5.41, 5.74) is 1.84. The molecule has 1 heterocycles. The summed E-state index contributed by atoms with van der Waals surface area (Å²) in [6.07, 6.45) is 1.93. The monoisotopic (exact) mass is 346 g/mol. The summed E-state index contributed by atoms with van der Waals surface area (Å²) in [5, 5.41) is 0. The SMILES string of the molecule is CC(C)=CC(=O)N1CCC(=O)N(Cc2ccc(F)cc2)[C@H](C(C)C)C1. The topological polar surface area (TPSA) is 40.6 Å². The van der Waals surface area contributed by atoms with Crippen molar-refractivity contribution >= 4 is 11.8 Å². The molecule has 4 nitrogen and oxygen atoms in total. The molecule has 2 amide bonds. The molecule has 0 unspecified atom stereocenters. The molecule has 0 aliphatic carbocycles. The first-order valence-corrected chi connectivity index (χ1v) is 8.75. The molecule has 0 aromatic heterocycles. The lowest BCUT2D eigenvalue weighted by Crippen LogP contribution is -2.46. The van der Waals surface area contributed by atoms with Crippen molar-refractivity contribution in [2.75, 3.05) is 13.1 Å². The highest BCUT2D eigenvalue weighted by molar-refractivity contribution is 5.89. The number of halogens is 1. The number of hydrogen-bond acceptors (Lipinski definition) is 2. The Hall–Kier alpha value is -2.17. The average Bonchev–Trinajstić information content (AvgIpc) is 2.69. The van der Waals surface area contributed by atoms with Crippen LogP contribution < -0.4 is 0 Å². The summed E-state index contributed by atoms with van der Waals surface area (Å²) in [5.74, 6) is -0.0769. The first-order valence-electron chi connectivity index (χ1n) is 8.75. The molecule has 1 aliphatic rings. The van der Waals surface area contributed by atoms with E-state index in [0.717, 1.165) is 11.1 Å². The zero-order valence-electron chi connectivity index (χ0n) is 15.5. The highest BCUT2D eigenvalue weighted by atomic mass is 19.1. The second-order valence-corrected chi connectivity index (χ2v) is 7.22. The molecule has 1 aromatic rings. The van der Waals surface area contributed by atoms with E-state index in [1.54, 1.807) is 23.1 Å². The van der Waals surface area contributed by atoms with Crippen LogP contribution in [0.15, 0.2) is 35.9 Å². The molecule has 0 N–H and O–H groups in total. The normalized spacial score (nSPS) is 18.3. The number of rotatable bonds is 4. The Kier molecular flexibility index (Phi) is 6.34. The fraction of sp³-hybridized carbons (Fsp3) is 0.500. The van der Waals surface area contributed by atoms with E-state index in [0.29, 0.717) is 26.1 Å². The van der Waals surface area contributed by atoms with Gasteiger partial charge in [0.25, 0.3) is 0 Å². The van der Waals surface area contributed by atoms with Gasteiger partial charge in [0, 0.05) is 32.1 Å². The predicted molar refractivity (Wildman–Crippen MR) is 96.2 cm³/mol. The van der Waals surface area contributed by atoms with Gasteiger partial charge in [-0.1, -0.05) is 31.6 Å². The van der Waals surface area contributed by atoms with Crippen LogP contribution in [-0.4, -0.2) is 40.7 Å². The van der Waals surface area contributed by atoms with E-state index in [1.807, 2.05) is 18.7 Å². The second kappa shape index (κ2) is 8.28. The van der Waals surface area contributed by atoms with Crippen LogP contribution >= 0.6 is 0 Å². The molecule has 25 heavy (non-hydrogen) atoms. The minimum Gasteiger partial charge on any atom is -0.337 e. The number of carbonyl (C=O) groups excluding carboxylic acids is 2. The van der Waals surface area contributed by atoms with Crippen molar-refractivity contribution in [3.63, 3.8) is 0 Å². The Bertz CT molecular complexity index is 648. The lowest BCUT2D eigenvalue weighted by atomic mass is 10.0. The molecule has 2 rings (SSSR count). The zero-order valence-corrected chi connectivity index (χ0v) is 15.5. The molecule has 0 spiro atoms. The molecule has 1 saturated heterocycles. The first kappa shape index (κ1) is 19.2. The Balaban J connectivity index is 2.23. The van der Waals surface area contributed by atoms with Crippen molar-refractivity contribution < 1.29 is 14.0 Å². The molecular weight excluding hydrogens is 319 g/mol. The minimum atomic E-state index is -0.287. The van der Waals surface area contributed by atoms with Gasteiger partial charge in [-0.2, -0.15) is 0 Å². The highest BCUT2D eigenvalue weighted by Crippen LogP contribution is 2.21. The maximum Gasteiger partial charge on any atom is 0.246 e. The molecule has 136 valence electrons. The van der Waals surface area contributed by atoms with Crippen LogP contribution in [0.3, 0.4) is 0 Å². The van der Waals surface area contributed by atoms with Crippen molar-refractivity contribution in [1.82, 2.24) is 9.80 Å². The smallest absolute Gasteiger partial charge is 0.246 e. The number of nitrogens with zero attached hydrogens (tertiary/aromatic N) is 2. The predicted octanol–water partition coefficient (Wildman–Crippen LogP) is 3.38. The van der Waals surface area contributed by atoms with Crippen molar-refractivity contribution in [3.8, 4) is 0 Å². The third kappa shape index (κ3) is 5.15. The van der Waals surface area contributed by atoms with Crippen molar-refractivity contribution in [2.45, 2.75) is 46.7 Å². The van der Waals surface area contributed by atoms with Crippen LogP contribution in [0.1, 0.15) is 39.7 Å². The van der Waals surface area contributed by atoms with Gasteiger partial charge < -0.3 is 9.80 Å². The van der Waals surface area contributed by atoms with Crippen LogP contribution in [0.25, 0.3) is 0 Å². The maximum atomic E-state index is 13.1. The Morgan fingerprint density at radius 2 is 1.92 bits per heavy atom. The van der Waals surface area contributed by atoms with Gasteiger partial charge in [0.15, 0.2) is 0 Å². The van der Waals surface area contributed by atoms with Gasteiger partial charge in [0.2, 0.25) is 11.8 Å². The maximum absolute atomic E-state index is 13.1. The summed E-state index contributed by atoms with van der Waals surface area (Å²) in [4.78, 5) is 28.7. The van der Waals surface area contributed by atoms with E-state index in [-0.39, 0.29) is 29.6 Å². The Morgan fingerprint density at radius 3 is 2.48 bits per heavy atom. The number of benzene rings is 1. The van der Waals surface area contributed by atoms with Crippen LogP contribution in [0.4, 0.5) is 4.39 Å². The van der Waals surface area contributed by atoms with Gasteiger partial charge in [-0.05, 0) is 37.5 Å². The van der Waals surface area contributed by atoms with Crippen molar-refractivity contribution in [3.05, 3.63) is 47.3 Å². The molecule has 0 bridgehead atoms. The summed E-state index contributed by atoms with van der Waals surface area (Å²) < 4.78 is 13.1. The first-order chi connectivity index (χ1) is 11.8. The molecule has 0 saturated carbocycles. The lowest BCUT2D eigenvalue weighted by molar-refractivity contribution is -0.134. The molecule has 1 atom stereocenters. The van der Waals surface area contributed by atoms with Gasteiger partial charge in [-0.15, -0.1) is 0 Å². The van der Waals surface area contributed by atoms with E-state index in [9.17, 15) is 14.0 Å². The number of amides is 2. The highest BCUT2D eigenvalue weighted by Gasteiger charge is 2.32. The molecule has 1 aromatic carbocycles. The summed E-state index contributed by atoms with van der Waals surface area (Å²) >= 11 is 0.